The Balaban J connectivity index is 3.46. The Bertz CT molecular complexity index is 417. The Kier molecular flexibility index (Phi) is 3.74. The van der Waals surface area contributed by atoms with Crippen LogP contribution < -0.4 is 5.19 Å². The first-order chi connectivity index (χ1) is 7.61. The molecule has 0 heterocycles. The second-order valence-corrected chi connectivity index (χ2v) is 11.6. The number of hydrogen-bond donors (Lipinski definition) is 2. The van der Waals surface area contributed by atoms with Crippen molar-refractivity contribution in [3.63, 3.8) is 0 Å². The molecule has 1 aromatic rings. The van der Waals surface area contributed by atoms with Crippen molar-refractivity contribution in [3.05, 3.63) is 23.3 Å². The van der Waals surface area contributed by atoms with Crippen LogP contribution in [0.2, 0.25) is 18.1 Å². The highest BCUT2D eigenvalue weighted by Gasteiger charge is 2.39. The minimum Gasteiger partial charge on any atom is -0.508 e. The molecule has 0 unspecified atom stereocenters. The van der Waals surface area contributed by atoms with Gasteiger partial charge in [0.05, 0.1) is 14.7 Å². The number of aliphatic hydroxyl groups is 1. The molecule has 0 saturated heterocycles. The lowest BCUT2D eigenvalue weighted by Crippen LogP contribution is -2.49. The molecule has 0 amide bonds. The predicted octanol–water partition coefficient (Wildman–Crippen LogP) is 2.91. The van der Waals surface area contributed by atoms with Gasteiger partial charge in [-0.25, -0.2) is 0 Å². The number of rotatable bonds is 2. The molecular formula is C14H24O2Si. The monoisotopic (exact) mass is 252 g/mol. The summed E-state index contributed by atoms with van der Waals surface area (Å²) in [6.45, 7) is 13.1. The van der Waals surface area contributed by atoms with Crippen molar-refractivity contribution in [2.24, 2.45) is 0 Å². The minimum atomic E-state index is -1.77. The molecule has 0 saturated carbocycles. The lowest BCUT2D eigenvalue weighted by atomic mass is 10.1. The van der Waals surface area contributed by atoms with Crippen molar-refractivity contribution in [2.75, 3.05) is 0 Å². The lowest BCUT2D eigenvalue weighted by molar-refractivity contribution is 0.276. The van der Waals surface area contributed by atoms with Crippen molar-refractivity contribution in [1.82, 2.24) is 0 Å². The molecule has 0 radical (unpaired) electrons. The Labute approximate surface area is 105 Å². The molecule has 2 nitrogen and oxygen atoms in total. The van der Waals surface area contributed by atoms with Gasteiger partial charge in [0, 0.05) is 5.56 Å². The smallest absolute Gasteiger partial charge is 0.120 e. The van der Waals surface area contributed by atoms with Gasteiger partial charge in [0.1, 0.15) is 5.75 Å². The summed E-state index contributed by atoms with van der Waals surface area (Å²) in [5.41, 5.74) is 1.75. The molecule has 0 spiro atoms. The average molecular weight is 252 g/mol. The van der Waals surface area contributed by atoms with Gasteiger partial charge >= 0.3 is 0 Å². The zero-order valence-electron chi connectivity index (χ0n) is 11.8. The highest BCUT2D eigenvalue weighted by Crippen LogP contribution is 2.37. The van der Waals surface area contributed by atoms with Crippen LogP contribution >= 0.6 is 0 Å². The number of aliphatic hydroxyl groups excluding tert-OH is 1. The van der Waals surface area contributed by atoms with Crippen LogP contribution in [0.1, 0.15) is 31.9 Å². The van der Waals surface area contributed by atoms with Crippen molar-refractivity contribution in [3.8, 4) is 5.75 Å². The lowest BCUT2D eigenvalue weighted by Gasteiger charge is -2.38. The molecule has 0 aromatic heterocycles. The van der Waals surface area contributed by atoms with Crippen LogP contribution in [0.3, 0.4) is 0 Å². The first-order valence-corrected chi connectivity index (χ1v) is 9.05. The van der Waals surface area contributed by atoms with Crippen molar-refractivity contribution in [2.45, 2.75) is 52.4 Å². The summed E-state index contributed by atoms with van der Waals surface area (Å²) in [6, 6.07) is 3.93. The van der Waals surface area contributed by atoms with Crippen LogP contribution in [0.25, 0.3) is 0 Å². The first kappa shape index (κ1) is 14.3. The van der Waals surface area contributed by atoms with Gasteiger partial charge in [-0.05, 0) is 17.1 Å². The fourth-order valence-electron chi connectivity index (χ4n) is 1.85. The number of aromatic hydroxyl groups is 1. The van der Waals surface area contributed by atoms with E-state index < -0.39 is 8.07 Å². The van der Waals surface area contributed by atoms with Gasteiger partial charge in [-0.2, -0.15) is 0 Å². The fourth-order valence-corrected chi connectivity index (χ4v) is 4.00. The van der Waals surface area contributed by atoms with Crippen molar-refractivity contribution >= 4 is 13.3 Å². The SMILES string of the molecule is Cc1cc(CO)c(O)c([Si](C)(C)C(C)(C)C)c1. The molecule has 2 N–H and O–H groups in total. The van der Waals surface area contributed by atoms with Crippen LogP contribution in [0.4, 0.5) is 0 Å². The highest BCUT2D eigenvalue weighted by atomic mass is 28.3. The Morgan fingerprint density at radius 3 is 2.12 bits per heavy atom. The predicted molar refractivity (Wildman–Crippen MR) is 75.6 cm³/mol. The molecule has 0 fully saturated rings. The van der Waals surface area contributed by atoms with Gasteiger partial charge < -0.3 is 10.2 Å². The number of hydrogen-bond acceptors (Lipinski definition) is 2. The van der Waals surface area contributed by atoms with E-state index >= 15 is 0 Å². The molecular weight excluding hydrogens is 228 g/mol. The zero-order valence-corrected chi connectivity index (χ0v) is 12.8. The molecule has 0 bridgehead atoms. The van der Waals surface area contributed by atoms with Gasteiger partial charge in [0.2, 0.25) is 0 Å². The molecule has 0 aliphatic carbocycles. The maximum absolute atomic E-state index is 10.3. The van der Waals surface area contributed by atoms with Crippen LogP contribution in [-0.2, 0) is 6.61 Å². The van der Waals surface area contributed by atoms with E-state index in [1.807, 2.05) is 13.0 Å². The van der Waals surface area contributed by atoms with Crippen LogP contribution in [0, 0.1) is 6.92 Å². The van der Waals surface area contributed by atoms with E-state index in [1.165, 1.54) is 0 Å². The summed E-state index contributed by atoms with van der Waals surface area (Å²) in [4.78, 5) is 0. The zero-order chi connectivity index (χ0) is 13.4. The third-order valence-electron chi connectivity index (χ3n) is 4.05. The molecule has 96 valence electrons. The second kappa shape index (κ2) is 4.46. The first-order valence-electron chi connectivity index (χ1n) is 6.05. The van der Waals surface area contributed by atoms with Gasteiger partial charge in [-0.15, -0.1) is 0 Å². The normalized spacial score (nSPS) is 12.9. The number of aryl methyl sites for hydroxylation is 1. The Hall–Kier alpha value is -0.803. The van der Waals surface area contributed by atoms with E-state index in [0.29, 0.717) is 11.3 Å². The molecule has 0 atom stereocenters. The third kappa shape index (κ3) is 2.55. The number of phenols is 1. The van der Waals surface area contributed by atoms with Gasteiger partial charge in [0.15, 0.2) is 0 Å². The molecule has 1 aromatic carbocycles. The summed E-state index contributed by atoms with van der Waals surface area (Å²) in [6.07, 6.45) is 0. The third-order valence-corrected chi connectivity index (χ3v) is 9.53. The Morgan fingerprint density at radius 2 is 1.71 bits per heavy atom. The minimum absolute atomic E-state index is 0.102. The largest absolute Gasteiger partial charge is 0.508 e. The molecule has 3 heteroatoms. The van der Waals surface area contributed by atoms with Crippen LogP contribution in [-0.4, -0.2) is 18.3 Å². The summed E-state index contributed by atoms with van der Waals surface area (Å²) >= 11 is 0. The molecule has 0 aliphatic heterocycles. The summed E-state index contributed by atoms with van der Waals surface area (Å²) < 4.78 is 0. The molecule has 0 aliphatic rings. The van der Waals surface area contributed by atoms with E-state index in [-0.39, 0.29) is 11.6 Å². The topological polar surface area (TPSA) is 40.5 Å². The van der Waals surface area contributed by atoms with E-state index in [9.17, 15) is 10.2 Å². The number of benzene rings is 1. The molecule has 1 rings (SSSR count). The highest BCUT2D eigenvalue weighted by molar-refractivity contribution is 6.92. The van der Waals surface area contributed by atoms with Crippen molar-refractivity contribution in [1.29, 1.82) is 0 Å². The van der Waals surface area contributed by atoms with E-state index in [0.717, 1.165) is 10.8 Å². The van der Waals surface area contributed by atoms with Crippen LogP contribution in [0.5, 0.6) is 5.75 Å². The second-order valence-electron chi connectivity index (χ2n) is 6.35. The van der Waals surface area contributed by atoms with Crippen LogP contribution in [0.15, 0.2) is 12.1 Å². The molecule has 17 heavy (non-hydrogen) atoms. The average Bonchev–Trinajstić information content (AvgIpc) is 2.19. The Morgan fingerprint density at radius 1 is 1.18 bits per heavy atom. The van der Waals surface area contributed by atoms with Gasteiger partial charge in [0.25, 0.3) is 0 Å². The summed E-state index contributed by atoms with van der Waals surface area (Å²) in [7, 11) is -1.77. The van der Waals surface area contributed by atoms with Crippen molar-refractivity contribution < 1.29 is 10.2 Å². The maximum atomic E-state index is 10.3. The standard InChI is InChI=1S/C14H24O2Si/c1-10-7-11(9-15)13(16)12(8-10)17(5,6)14(2,3)4/h7-8,15-16H,9H2,1-6H3. The fraction of sp³-hybridized carbons (Fsp3) is 0.571. The maximum Gasteiger partial charge on any atom is 0.120 e. The quantitative estimate of drug-likeness (QED) is 0.795. The van der Waals surface area contributed by atoms with E-state index in [2.05, 4.69) is 39.9 Å². The summed E-state index contributed by atoms with van der Waals surface area (Å²) in [5.74, 6) is 0.296. The van der Waals surface area contributed by atoms with E-state index in [4.69, 9.17) is 0 Å². The van der Waals surface area contributed by atoms with E-state index in [1.54, 1.807) is 0 Å². The van der Waals surface area contributed by atoms with Gasteiger partial charge in [-0.1, -0.05) is 51.6 Å². The van der Waals surface area contributed by atoms with Gasteiger partial charge in [-0.3, -0.25) is 0 Å². The summed E-state index contributed by atoms with van der Waals surface area (Å²) in [5, 5.41) is 20.8.